The van der Waals surface area contributed by atoms with Crippen molar-refractivity contribution < 1.29 is 13.2 Å². The molecule has 0 aliphatic heterocycles. The zero-order valence-corrected chi connectivity index (χ0v) is 11.1. The molecule has 112 valence electrons. The average molecular weight is 305 g/mol. The molecule has 7 heteroatoms. The number of para-hydroxylation sites is 1. The minimum Gasteiger partial charge on any atom is -0.288 e. The Morgan fingerprint density at radius 3 is 2.18 bits per heavy atom. The van der Waals surface area contributed by atoms with Crippen molar-refractivity contribution in [1.29, 1.82) is 0 Å². The molecule has 0 aliphatic carbocycles. The first kappa shape index (κ1) is 14.1. The zero-order chi connectivity index (χ0) is 15.7. The summed E-state index contributed by atoms with van der Waals surface area (Å²) < 4.78 is 38.8. The van der Waals surface area contributed by atoms with Crippen LogP contribution in [0.15, 0.2) is 59.4 Å². The molecule has 1 aromatic heterocycles. The Bertz CT molecular complexity index is 833. The Morgan fingerprint density at radius 1 is 0.955 bits per heavy atom. The summed E-state index contributed by atoms with van der Waals surface area (Å²) in [6.45, 7) is 0. The second-order valence-corrected chi connectivity index (χ2v) is 4.60. The number of alkyl halides is 3. The second kappa shape index (κ2) is 5.18. The molecule has 3 aromatic rings. The molecular formula is C15H10F3N3O. The summed E-state index contributed by atoms with van der Waals surface area (Å²) in [6.07, 6.45) is -4.39. The maximum atomic E-state index is 12.5. The van der Waals surface area contributed by atoms with Crippen molar-refractivity contribution in [2.45, 2.75) is 6.18 Å². The molecule has 1 N–H and O–H groups in total. The van der Waals surface area contributed by atoms with Gasteiger partial charge < -0.3 is 0 Å². The van der Waals surface area contributed by atoms with Gasteiger partial charge in [0.1, 0.15) is 0 Å². The van der Waals surface area contributed by atoms with Crippen LogP contribution in [0.3, 0.4) is 0 Å². The number of H-pyrrole nitrogens is 1. The Kier molecular flexibility index (Phi) is 3.32. The van der Waals surface area contributed by atoms with Gasteiger partial charge in [0.2, 0.25) is 0 Å². The second-order valence-electron chi connectivity index (χ2n) is 4.60. The van der Waals surface area contributed by atoms with Crippen molar-refractivity contribution in [2.24, 2.45) is 0 Å². The lowest BCUT2D eigenvalue weighted by molar-refractivity contribution is -0.137. The Balaban J connectivity index is 1.99. The van der Waals surface area contributed by atoms with E-state index >= 15 is 0 Å². The number of rotatable bonds is 2. The van der Waals surface area contributed by atoms with E-state index < -0.39 is 17.4 Å². The minimum atomic E-state index is -4.39. The van der Waals surface area contributed by atoms with Gasteiger partial charge in [-0.15, -0.1) is 5.10 Å². The van der Waals surface area contributed by atoms with Crippen LogP contribution in [0, 0.1) is 0 Å². The zero-order valence-electron chi connectivity index (χ0n) is 11.1. The number of nitrogens with zero attached hydrogens (tertiary/aromatic N) is 2. The normalized spacial score (nSPS) is 11.6. The SMILES string of the molecule is O=c1[nH]c(-c2ccc(C(F)(F)F)cc2)nn1-c1ccccc1. The van der Waals surface area contributed by atoms with Crippen LogP contribution >= 0.6 is 0 Å². The van der Waals surface area contributed by atoms with Crippen molar-refractivity contribution in [3.05, 3.63) is 70.6 Å². The lowest BCUT2D eigenvalue weighted by Gasteiger charge is -2.06. The van der Waals surface area contributed by atoms with Gasteiger partial charge >= 0.3 is 11.9 Å². The van der Waals surface area contributed by atoms with Crippen molar-refractivity contribution >= 4 is 0 Å². The van der Waals surface area contributed by atoms with E-state index in [1.807, 2.05) is 0 Å². The minimum absolute atomic E-state index is 0.211. The van der Waals surface area contributed by atoms with Gasteiger partial charge in [0, 0.05) is 5.56 Å². The quantitative estimate of drug-likeness (QED) is 0.790. The van der Waals surface area contributed by atoms with E-state index in [-0.39, 0.29) is 5.82 Å². The van der Waals surface area contributed by atoms with Crippen LogP contribution in [0.2, 0.25) is 0 Å². The van der Waals surface area contributed by atoms with Crippen LogP contribution in [0.25, 0.3) is 17.1 Å². The van der Waals surface area contributed by atoms with E-state index in [2.05, 4.69) is 10.1 Å². The van der Waals surface area contributed by atoms with Gasteiger partial charge in [-0.1, -0.05) is 30.3 Å². The lowest BCUT2D eigenvalue weighted by Crippen LogP contribution is -2.15. The molecule has 0 fully saturated rings. The molecule has 2 aromatic carbocycles. The predicted octanol–water partition coefficient (Wildman–Crippen LogP) is 3.25. The topological polar surface area (TPSA) is 50.7 Å². The molecule has 1 heterocycles. The molecule has 0 radical (unpaired) electrons. The predicted molar refractivity (Wildman–Crippen MR) is 74.6 cm³/mol. The van der Waals surface area contributed by atoms with Crippen molar-refractivity contribution in [2.75, 3.05) is 0 Å². The van der Waals surface area contributed by atoms with Gasteiger partial charge in [0.05, 0.1) is 11.3 Å². The highest BCUT2D eigenvalue weighted by Crippen LogP contribution is 2.30. The fraction of sp³-hybridized carbons (Fsp3) is 0.0667. The molecule has 3 rings (SSSR count). The monoisotopic (exact) mass is 305 g/mol. The number of nitrogens with one attached hydrogen (secondary N) is 1. The summed E-state index contributed by atoms with van der Waals surface area (Å²) >= 11 is 0. The highest BCUT2D eigenvalue weighted by Gasteiger charge is 2.30. The third-order valence-corrected chi connectivity index (χ3v) is 3.10. The van der Waals surface area contributed by atoms with Gasteiger partial charge in [0.25, 0.3) is 0 Å². The molecule has 0 atom stereocenters. The molecule has 22 heavy (non-hydrogen) atoms. The molecule has 0 amide bonds. The summed E-state index contributed by atoms with van der Waals surface area (Å²) in [7, 11) is 0. The van der Waals surface area contributed by atoms with Gasteiger partial charge in [0.15, 0.2) is 5.82 Å². The third kappa shape index (κ3) is 2.65. The molecule has 4 nitrogen and oxygen atoms in total. The standard InChI is InChI=1S/C15H10F3N3O/c16-15(17,18)11-8-6-10(7-9-11)13-19-14(22)21(20-13)12-4-2-1-3-5-12/h1-9H,(H,19,20,22). The fourth-order valence-electron chi connectivity index (χ4n) is 2.02. The van der Waals surface area contributed by atoms with Crippen LogP contribution in [0.5, 0.6) is 0 Å². The number of aromatic nitrogens is 3. The molecule has 0 bridgehead atoms. The molecule has 0 saturated heterocycles. The van der Waals surface area contributed by atoms with Crippen molar-refractivity contribution in [3.8, 4) is 17.1 Å². The van der Waals surface area contributed by atoms with E-state index in [4.69, 9.17) is 0 Å². The number of hydrogen-bond acceptors (Lipinski definition) is 2. The van der Waals surface area contributed by atoms with Crippen molar-refractivity contribution in [3.63, 3.8) is 0 Å². The highest BCUT2D eigenvalue weighted by molar-refractivity contribution is 5.55. The van der Waals surface area contributed by atoms with Gasteiger partial charge in [-0.2, -0.15) is 17.9 Å². The maximum absolute atomic E-state index is 12.5. The Labute approximate surface area is 122 Å². The van der Waals surface area contributed by atoms with Crippen LogP contribution in [-0.2, 0) is 6.18 Å². The summed E-state index contributed by atoms with van der Waals surface area (Å²) in [5.74, 6) is 0.211. The summed E-state index contributed by atoms with van der Waals surface area (Å²) in [5.41, 5.74) is -0.233. The van der Waals surface area contributed by atoms with E-state index in [0.717, 1.165) is 16.8 Å². The first-order valence-electron chi connectivity index (χ1n) is 6.37. The molecule has 0 unspecified atom stereocenters. The van der Waals surface area contributed by atoms with Crippen LogP contribution in [0.4, 0.5) is 13.2 Å². The third-order valence-electron chi connectivity index (χ3n) is 3.10. The number of halogens is 3. The average Bonchev–Trinajstić information content (AvgIpc) is 2.89. The molecule has 0 saturated carbocycles. The van der Waals surface area contributed by atoms with Gasteiger partial charge in [-0.25, -0.2) is 4.79 Å². The summed E-state index contributed by atoms with van der Waals surface area (Å²) in [6, 6.07) is 13.2. The van der Waals surface area contributed by atoms with Crippen LogP contribution < -0.4 is 5.69 Å². The van der Waals surface area contributed by atoms with Gasteiger partial charge in [-0.05, 0) is 24.3 Å². The number of hydrogen-bond donors (Lipinski definition) is 1. The smallest absolute Gasteiger partial charge is 0.288 e. The first-order chi connectivity index (χ1) is 10.4. The molecule has 0 aliphatic rings. The first-order valence-corrected chi connectivity index (χ1v) is 6.37. The van der Waals surface area contributed by atoms with E-state index in [0.29, 0.717) is 11.3 Å². The molecule has 0 spiro atoms. The highest BCUT2D eigenvalue weighted by atomic mass is 19.4. The van der Waals surface area contributed by atoms with Crippen LogP contribution in [0.1, 0.15) is 5.56 Å². The number of aromatic amines is 1. The van der Waals surface area contributed by atoms with E-state index in [1.54, 1.807) is 30.3 Å². The van der Waals surface area contributed by atoms with Crippen molar-refractivity contribution in [1.82, 2.24) is 14.8 Å². The molecular weight excluding hydrogens is 295 g/mol. The summed E-state index contributed by atoms with van der Waals surface area (Å²) in [5, 5.41) is 4.11. The van der Waals surface area contributed by atoms with E-state index in [1.165, 1.54) is 12.1 Å². The largest absolute Gasteiger partial charge is 0.416 e. The number of benzene rings is 2. The maximum Gasteiger partial charge on any atom is 0.416 e. The Morgan fingerprint density at radius 2 is 1.59 bits per heavy atom. The fourth-order valence-corrected chi connectivity index (χ4v) is 2.02. The van der Waals surface area contributed by atoms with Crippen LogP contribution in [-0.4, -0.2) is 14.8 Å². The Hall–Kier alpha value is -2.83. The van der Waals surface area contributed by atoms with E-state index in [9.17, 15) is 18.0 Å². The summed E-state index contributed by atoms with van der Waals surface area (Å²) in [4.78, 5) is 14.4. The van der Waals surface area contributed by atoms with Gasteiger partial charge in [-0.3, -0.25) is 4.98 Å². The lowest BCUT2D eigenvalue weighted by atomic mass is 10.1.